The van der Waals surface area contributed by atoms with E-state index in [0.29, 0.717) is 24.4 Å². The molecule has 1 aromatic rings. The number of aliphatic carboxylic acids is 1. The van der Waals surface area contributed by atoms with E-state index in [1.165, 1.54) is 18.3 Å². The predicted molar refractivity (Wildman–Crippen MR) is 72.5 cm³/mol. The molecule has 1 aromatic heterocycles. The molecule has 0 saturated heterocycles. The van der Waals surface area contributed by atoms with Crippen molar-refractivity contribution in [3.05, 3.63) is 28.4 Å². The Morgan fingerprint density at radius 1 is 1.60 bits per heavy atom. The van der Waals surface area contributed by atoms with Crippen LogP contribution in [0.2, 0.25) is 0 Å². The second-order valence-corrected chi connectivity index (χ2v) is 5.38. The molecule has 2 atom stereocenters. The SMILES string of the molecule is CC1CCCC(Nc2ccc([N+](=O)[O-])nc2)(C(=O)O)C1. The summed E-state index contributed by atoms with van der Waals surface area (Å²) >= 11 is 0. The predicted octanol–water partition coefficient (Wildman–Crippen LogP) is 2.44. The van der Waals surface area contributed by atoms with Crippen molar-refractivity contribution < 1.29 is 14.8 Å². The lowest BCUT2D eigenvalue weighted by molar-refractivity contribution is -0.389. The standard InChI is InChI=1S/C13H17N3O4/c1-9-3-2-6-13(7-9,12(17)18)15-10-4-5-11(14-8-10)16(19)20/h4-5,8-9,15H,2-3,6-7H2,1H3,(H,17,18). The number of carboxylic acid groups (broad SMARTS) is 1. The van der Waals surface area contributed by atoms with Gasteiger partial charge < -0.3 is 20.5 Å². The second kappa shape index (κ2) is 5.44. The highest BCUT2D eigenvalue weighted by Gasteiger charge is 2.42. The number of nitrogens with zero attached hydrogens (tertiary/aromatic N) is 2. The van der Waals surface area contributed by atoms with Crippen molar-refractivity contribution >= 4 is 17.5 Å². The Morgan fingerprint density at radius 2 is 2.35 bits per heavy atom. The van der Waals surface area contributed by atoms with E-state index in [1.54, 1.807) is 0 Å². The van der Waals surface area contributed by atoms with Gasteiger partial charge in [-0.15, -0.1) is 0 Å². The molecule has 1 aliphatic carbocycles. The number of carboxylic acids is 1. The second-order valence-electron chi connectivity index (χ2n) is 5.38. The topological polar surface area (TPSA) is 105 Å². The molecule has 20 heavy (non-hydrogen) atoms. The molecule has 1 fully saturated rings. The molecule has 7 nitrogen and oxygen atoms in total. The first kappa shape index (κ1) is 14.2. The van der Waals surface area contributed by atoms with Crippen LogP contribution < -0.4 is 5.32 Å². The number of aromatic nitrogens is 1. The lowest BCUT2D eigenvalue weighted by atomic mass is 9.76. The van der Waals surface area contributed by atoms with Crippen LogP contribution in [0.4, 0.5) is 11.5 Å². The molecule has 1 aliphatic rings. The average molecular weight is 279 g/mol. The first-order chi connectivity index (χ1) is 9.43. The number of anilines is 1. The number of nitro groups is 1. The highest BCUT2D eigenvalue weighted by molar-refractivity contribution is 5.83. The van der Waals surface area contributed by atoms with Crippen molar-refractivity contribution in [1.29, 1.82) is 0 Å². The minimum atomic E-state index is -1.00. The molecule has 7 heteroatoms. The smallest absolute Gasteiger partial charge is 0.363 e. The molecule has 2 rings (SSSR count). The maximum atomic E-state index is 11.6. The fourth-order valence-corrected chi connectivity index (χ4v) is 2.76. The zero-order chi connectivity index (χ0) is 14.8. The van der Waals surface area contributed by atoms with E-state index in [9.17, 15) is 20.0 Å². The quantitative estimate of drug-likeness (QED) is 0.647. The van der Waals surface area contributed by atoms with E-state index in [0.717, 1.165) is 12.8 Å². The van der Waals surface area contributed by atoms with Crippen LogP contribution in [0.3, 0.4) is 0 Å². The van der Waals surface area contributed by atoms with Crippen LogP contribution in [0.1, 0.15) is 32.6 Å². The van der Waals surface area contributed by atoms with Gasteiger partial charge in [0.15, 0.2) is 6.20 Å². The molecule has 108 valence electrons. The maximum Gasteiger partial charge on any atom is 0.363 e. The van der Waals surface area contributed by atoms with Crippen LogP contribution in [-0.4, -0.2) is 26.5 Å². The molecule has 0 aliphatic heterocycles. The fraction of sp³-hybridized carbons (Fsp3) is 0.538. The zero-order valence-corrected chi connectivity index (χ0v) is 11.2. The van der Waals surface area contributed by atoms with E-state index in [4.69, 9.17) is 0 Å². The summed E-state index contributed by atoms with van der Waals surface area (Å²) in [5.74, 6) is -0.808. The van der Waals surface area contributed by atoms with Crippen molar-refractivity contribution in [2.24, 2.45) is 5.92 Å². The average Bonchev–Trinajstić information content (AvgIpc) is 2.39. The Kier molecular flexibility index (Phi) is 3.87. The van der Waals surface area contributed by atoms with Gasteiger partial charge in [-0.3, -0.25) is 0 Å². The first-order valence-electron chi connectivity index (χ1n) is 6.55. The maximum absolute atomic E-state index is 11.6. The number of carbonyl (C=O) groups is 1. The lowest BCUT2D eigenvalue weighted by Crippen LogP contribution is -2.49. The van der Waals surface area contributed by atoms with Gasteiger partial charge in [-0.05, 0) is 34.7 Å². The third-order valence-electron chi connectivity index (χ3n) is 3.73. The van der Waals surface area contributed by atoms with Crippen LogP contribution in [0.5, 0.6) is 0 Å². The van der Waals surface area contributed by atoms with Gasteiger partial charge in [-0.2, -0.15) is 0 Å². The van der Waals surface area contributed by atoms with E-state index in [2.05, 4.69) is 10.3 Å². The van der Waals surface area contributed by atoms with Crippen molar-refractivity contribution in [2.75, 3.05) is 5.32 Å². The summed E-state index contributed by atoms with van der Waals surface area (Å²) in [5, 5.41) is 23.1. The molecular weight excluding hydrogens is 262 g/mol. The zero-order valence-electron chi connectivity index (χ0n) is 11.2. The molecular formula is C13H17N3O4. The summed E-state index contributed by atoms with van der Waals surface area (Å²) in [7, 11) is 0. The molecule has 1 saturated carbocycles. The molecule has 0 radical (unpaired) electrons. The van der Waals surface area contributed by atoms with Crippen LogP contribution in [0, 0.1) is 16.0 Å². The largest absolute Gasteiger partial charge is 0.480 e. The van der Waals surface area contributed by atoms with Crippen molar-refractivity contribution in [3.8, 4) is 0 Å². The van der Waals surface area contributed by atoms with Gasteiger partial charge in [-0.1, -0.05) is 19.8 Å². The summed E-state index contributed by atoms with van der Waals surface area (Å²) < 4.78 is 0. The Hall–Kier alpha value is -2.18. The third-order valence-corrected chi connectivity index (χ3v) is 3.73. The Balaban J connectivity index is 2.20. The summed E-state index contributed by atoms with van der Waals surface area (Å²) in [6, 6.07) is 2.76. The van der Waals surface area contributed by atoms with Crippen molar-refractivity contribution in [3.63, 3.8) is 0 Å². The molecule has 0 spiro atoms. The number of rotatable bonds is 4. The molecule has 0 aromatic carbocycles. The van der Waals surface area contributed by atoms with E-state index < -0.39 is 16.4 Å². The monoisotopic (exact) mass is 279 g/mol. The summed E-state index contributed by atoms with van der Waals surface area (Å²) in [5.41, 5.74) is -0.512. The summed E-state index contributed by atoms with van der Waals surface area (Å²) in [4.78, 5) is 25.3. The molecule has 0 amide bonds. The first-order valence-corrected chi connectivity index (χ1v) is 6.55. The number of nitrogens with one attached hydrogen (secondary N) is 1. The number of hydrogen-bond donors (Lipinski definition) is 2. The van der Waals surface area contributed by atoms with Gasteiger partial charge in [0.05, 0.1) is 5.69 Å². The van der Waals surface area contributed by atoms with Gasteiger partial charge in [0.2, 0.25) is 0 Å². The van der Waals surface area contributed by atoms with Gasteiger partial charge in [-0.25, -0.2) is 4.79 Å². The van der Waals surface area contributed by atoms with Crippen molar-refractivity contribution in [2.45, 2.75) is 38.1 Å². The van der Waals surface area contributed by atoms with E-state index >= 15 is 0 Å². The molecule has 2 unspecified atom stereocenters. The third kappa shape index (κ3) is 2.87. The number of pyridine rings is 1. The molecule has 0 bridgehead atoms. The van der Waals surface area contributed by atoms with Crippen molar-refractivity contribution in [1.82, 2.24) is 4.98 Å². The van der Waals surface area contributed by atoms with Gasteiger partial charge >= 0.3 is 11.8 Å². The normalized spacial score (nSPS) is 25.9. The molecule has 1 heterocycles. The minimum absolute atomic E-state index is 0.253. The van der Waals surface area contributed by atoms with Gasteiger partial charge in [0.25, 0.3) is 0 Å². The minimum Gasteiger partial charge on any atom is -0.480 e. The van der Waals surface area contributed by atoms with E-state index in [-0.39, 0.29) is 5.82 Å². The lowest BCUT2D eigenvalue weighted by Gasteiger charge is -2.37. The van der Waals surface area contributed by atoms with E-state index in [1.807, 2.05) is 6.92 Å². The molecule has 2 N–H and O–H groups in total. The Morgan fingerprint density at radius 3 is 2.85 bits per heavy atom. The number of hydrogen-bond acceptors (Lipinski definition) is 5. The fourth-order valence-electron chi connectivity index (χ4n) is 2.76. The Bertz CT molecular complexity index is 517. The van der Waals surface area contributed by atoms with Crippen LogP contribution >= 0.6 is 0 Å². The summed E-state index contributed by atoms with van der Waals surface area (Å²) in [6.45, 7) is 2.03. The highest BCUT2D eigenvalue weighted by atomic mass is 16.6. The van der Waals surface area contributed by atoms with Crippen LogP contribution in [-0.2, 0) is 4.79 Å². The van der Waals surface area contributed by atoms with Crippen LogP contribution in [0.25, 0.3) is 0 Å². The highest BCUT2D eigenvalue weighted by Crippen LogP contribution is 2.35. The van der Waals surface area contributed by atoms with Gasteiger partial charge in [0.1, 0.15) is 5.54 Å². The Labute approximate surface area is 116 Å². The van der Waals surface area contributed by atoms with Gasteiger partial charge in [0, 0.05) is 6.07 Å². The van der Waals surface area contributed by atoms with Crippen LogP contribution in [0.15, 0.2) is 18.3 Å². The summed E-state index contributed by atoms with van der Waals surface area (Å²) in [6.07, 6.45) is 4.27.